The summed E-state index contributed by atoms with van der Waals surface area (Å²) >= 11 is 0. The van der Waals surface area contributed by atoms with E-state index in [0.29, 0.717) is 51.0 Å². The predicted molar refractivity (Wildman–Crippen MR) is 91.2 cm³/mol. The normalized spacial score (nSPS) is 17.0. The second kappa shape index (κ2) is 6.44. The van der Waals surface area contributed by atoms with E-state index in [1.807, 2.05) is 29.0 Å². The Bertz CT molecular complexity index is 779. The maximum absolute atomic E-state index is 12.8. The van der Waals surface area contributed by atoms with E-state index in [9.17, 15) is 4.79 Å². The topological polar surface area (TPSA) is 76.4 Å². The highest BCUT2D eigenvalue weighted by atomic mass is 16.5. The van der Waals surface area contributed by atoms with Gasteiger partial charge < -0.3 is 14.5 Å². The van der Waals surface area contributed by atoms with Crippen molar-refractivity contribution < 1.29 is 9.53 Å². The van der Waals surface area contributed by atoms with Gasteiger partial charge in [0.25, 0.3) is 5.91 Å². The van der Waals surface area contributed by atoms with E-state index in [1.54, 1.807) is 0 Å². The van der Waals surface area contributed by atoms with E-state index in [1.165, 1.54) is 0 Å². The molecule has 0 spiro atoms. The molecule has 25 heavy (non-hydrogen) atoms. The number of anilines is 1. The summed E-state index contributed by atoms with van der Waals surface area (Å²) in [6.45, 7) is 5.78. The molecule has 8 nitrogen and oxygen atoms in total. The second-order valence-electron chi connectivity index (χ2n) is 6.40. The number of hydrogen-bond donors (Lipinski definition) is 0. The first-order chi connectivity index (χ1) is 12.2. The van der Waals surface area contributed by atoms with Gasteiger partial charge in [0.15, 0.2) is 5.69 Å². The summed E-state index contributed by atoms with van der Waals surface area (Å²) in [5.74, 6) is 0.683. The Balaban J connectivity index is 1.57. The van der Waals surface area contributed by atoms with Crippen molar-refractivity contribution >= 4 is 11.9 Å². The van der Waals surface area contributed by atoms with Gasteiger partial charge in [-0.3, -0.25) is 9.48 Å². The number of amides is 1. The zero-order chi connectivity index (χ0) is 17.4. The summed E-state index contributed by atoms with van der Waals surface area (Å²) in [6.07, 6.45) is 4.65. The molecule has 1 saturated heterocycles. The first-order valence-electron chi connectivity index (χ1n) is 8.65. The molecular weight excluding hydrogens is 320 g/mol. The molecule has 0 saturated carbocycles. The van der Waals surface area contributed by atoms with Gasteiger partial charge in [-0.05, 0) is 12.0 Å². The van der Waals surface area contributed by atoms with Crippen molar-refractivity contribution in [3.8, 4) is 0 Å². The van der Waals surface area contributed by atoms with Crippen LogP contribution < -0.4 is 4.90 Å². The Morgan fingerprint density at radius 2 is 1.92 bits per heavy atom. The molecular formula is C17H22N6O2. The van der Waals surface area contributed by atoms with Crippen LogP contribution in [-0.2, 0) is 31.3 Å². The first kappa shape index (κ1) is 16.0. The number of hydrogen-bond acceptors (Lipinski definition) is 6. The van der Waals surface area contributed by atoms with Crippen LogP contribution in [-0.4, -0.2) is 56.9 Å². The Labute approximate surface area is 146 Å². The number of morpholine rings is 1. The molecule has 8 heteroatoms. The van der Waals surface area contributed by atoms with E-state index in [4.69, 9.17) is 4.74 Å². The SMILES string of the molecule is CCc1cnc(N2Cc3c(C(=O)N4CCOCC4)nn(C)c3C2)nc1. The largest absolute Gasteiger partial charge is 0.378 e. The molecule has 0 bridgehead atoms. The van der Waals surface area contributed by atoms with Gasteiger partial charge in [-0.25, -0.2) is 9.97 Å². The number of rotatable bonds is 3. The maximum Gasteiger partial charge on any atom is 0.274 e. The maximum atomic E-state index is 12.8. The molecule has 0 N–H and O–H groups in total. The number of aryl methyl sites for hydroxylation is 2. The lowest BCUT2D eigenvalue weighted by Crippen LogP contribution is -2.41. The fraction of sp³-hybridized carbons (Fsp3) is 0.529. The van der Waals surface area contributed by atoms with Gasteiger partial charge >= 0.3 is 0 Å². The Hall–Kier alpha value is -2.48. The zero-order valence-corrected chi connectivity index (χ0v) is 14.6. The third-order valence-electron chi connectivity index (χ3n) is 4.85. The van der Waals surface area contributed by atoms with Crippen LogP contribution in [0, 0.1) is 0 Å². The lowest BCUT2D eigenvalue weighted by Gasteiger charge is -2.26. The highest BCUT2D eigenvalue weighted by Crippen LogP contribution is 2.29. The standard InChI is InChI=1S/C17H22N6O2/c1-3-12-8-18-17(19-9-12)23-10-13-14(11-23)21(2)20-15(13)16(24)22-4-6-25-7-5-22/h8-9H,3-7,10-11H2,1-2H3. The third kappa shape index (κ3) is 2.86. The van der Waals surface area contributed by atoms with Gasteiger partial charge in [0, 0.05) is 38.1 Å². The Morgan fingerprint density at radius 3 is 2.60 bits per heavy atom. The van der Waals surface area contributed by atoms with Crippen LogP contribution in [0.5, 0.6) is 0 Å². The molecule has 2 aliphatic heterocycles. The summed E-state index contributed by atoms with van der Waals surface area (Å²) in [4.78, 5) is 25.7. The molecule has 2 aliphatic rings. The summed E-state index contributed by atoms with van der Waals surface area (Å²) < 4.78 is 7.14. The van der Waals surface area contributed by atoms with E-state index in [-0.39, 0.29) is 5.91 Å². The van der Waals surface area contributed by atoms with Crippen molar-refractivity contribution in [1.82, 2.24) is 24.6 Å². The van der Waals surface area contributed by atoms with Crippen LogP contribution >= 0.6 is 0 Å². The monoisotopic (exact) mass is 342 g/mol. The number of carbonyl (C=O) groups is 1. The summed E-state index contributed by atoms with van der Waals surface area (Å²) in [5, 5.41) is 4.48. The van der Waals surface area contributed by atoms with Crippen molar-refractivity contribution in [2.45, 2.75) is 26.4 Å². The quantitative estimate of drug-likeness (QED) is 0.820. The third-order valence-corrected chi connectivity index (χ3v) is 4.85. The number of nitrogens with zero attached hydrogens (tertiary/aromatic N) is 6. The fourth-order valence-electron chi connectivity index (χ4n) is 3.32. The fourth-order valence-corrected chi connectivity index (χ4v) is 3.32. The molecule has 132 valence electrons. The van der Waals surface area contributed by atoms with Crippen LogP contribution in [0.4, 0.5) is 5.95 Å². The van der Waals surface area contributed by atoms with Crippen LogP contribution in [0.2, 0.25) is 0 Å². The van der Waals surface area contributed by atoms with Crippen LogP contribution in [0.3, 0.4) is 0 Å². The molecule has 0 aliphatic carbocycles. The number of ether oxygens (including phenoxy) is 1. The van der Waals surface area contributed by atoms with Gasteiger partial charge in [0.2, 0.25) is 5.95 Å². The van der Waals surface area contributed by atoms with E-state index in [2.05, 4.69) is 26.9 Å². The molecule has 1 amide bonds. The lowest BCUT2D eigenvalue weighted by atomic mass is 10.2. The molecule has 0 unspecified atom stereocenters. The molecule has 0 atom stereocenters. The number of fused-ring (bicyclic) bond motifs is 1. The van der Waals surface area contributed by atoms with Crippen molar-refractivity contribution in [3.63, 3.8) is 0 Å². The summed E-state index contributed by atoms with van der Waals surface area (Å²) in [6, 6.07) is 0. The summed E-state index contributed by atoms with van der Waals surface area (Å²) in [7, 11) is 1.89. The van der Waals surface area contributed by atoms with Crippen molar-refractivity contribution in [2.75, 3.05) is 31.2 Å². The van der Waals surface area contributed by atoms with Gasteiger partial charge in [0.05, 0.1) is 32.0 Å². The van der Waals surface area contributed by atoms with Crippen molar-refractivity contribution in [1.29, 1.82) is 0 Å². The molecule has 2 aromatic heterocycles. The molecule has 0 radical (unpaired) electrons. The minimum atomic E-state index is -0.00995. The average molecular weight is 342 g/mol. The van der Waals surface area contributed by atoms with Gasteiger partial charge in [-0.2, -0.15) is 5.10 Å². The van der Waals surface area contributed by atoms with Crippen LogP contribution in [0.15, 0.2) is 12.4 Å². The summed E-state index contributed by atoms with van der Waals surface area (Å²) in [5.41, 5.74) is 3.71. The zero-order valence-electron chi connectivity index (χ0n) is 14.6. The van der Waals surface area contributed by atoms with Gasteiger partial charge in [0.1, 0.15) is 0 Å². The molecule has 1 fully saturated rings. The molecule has 2 aromatic rings. The van der Waals surface area contributed by atoms with Crippen molar-refractivity contribution in [2.24, 2.45) is 7.05 Å². The van der Waals surface area contributed by atoms with Gasteiger partial charge in [-0.15, -0.1) is 0 Å². The predicted octanol–water partition coefficient (Wildman–Crippen LogP) is 0.765. The lowest BCUT2D eigenvalue weighted by molar-refractivity contribution is 0.0298. The molecule has 0 aromatic carbocycles. The molecule has 4 heterocycles. The van der Waals surface area contributed by atoms with E-state index >= 15 is 0 Å². The van der Waals surface area contributed by atoms with Crippen LogP contribution in [0.1, 0.15) is 34.2 Å². The second-order valence-corrected chi connectivity index (χ2v) is 6.40. The molecule has 4 rings (SSSR count). The first-order valence-corrected chi connectivity index (χ1v) is 8.65. The smallest absolute Gasteiger partial charge is 0.274 e. The Morgan fingerprint density at radius 1 is 1.20 bits per heavy atom. The highest BCUT2D eigenvalue weighted by molar-refractivity contribution is 5.94. The van der Waals surface area contributed by atoms with Gasteiger partial charge in [-0.1, -0.05) is 6.92 Å². The van der Waals surface area contributed by atoms with E-state index < -0.39 is 0 Å². The highest BCUT2D eigenvalue weighted by Gasteiger charge is 2.33. The Kier molecular flexibility index (Phi) is 4.12. The minimum absolute atomic E-state index is 0.00995. The van der Waals surface area contributed by atoms with E-state index in [0.717, 1.165) is 23.2 Å². The average Bonchev–Trinajstić information content (AvgIpc) is 3.23. The van der Waals surface area contributed by atoms with Crippen LogP contribution in [0.25, 0.3) is 0 Å². The number of aromatic nitrogens is 4. The van der Waals surface area contributed by atoms with Crippen molar-refractivity contribution in [3.05, 3.63) is 34.9 Å². The number of carbonyl (C=O) groups excluding carboxylic acids is 1. The minimum Gasteiger partial charge on any atom is -0.378 e.